The van der Waals surface area contributed by atoms with Gasteiger partial charge in [-0.25, -0.2) is 4.79 Å². The van der Waals surface area contributed by atoms with Crippen molar-refractivity contribution in [3.63, 3.8) is 0 Å². The first-order chi connectivity index (χ1) is 12.9. The highest BCUT2D eigenvalue weighted by molar-refractivity contribution is 7.98. The molecule has 0 heterocycles. The van der Waals surface area contributed by atoms with Crippen molar-refractivity contribution in [2.45, 2.75) is 25.3 Å². The third kappa shape index (κ3) is 6.32. The topological polar surface area (TPSA) is 55.8 Å². The van der Waals surface area contributed by atoms with E-state index in [1.165, 1.54) is 9.80 Å². The molecule has 0 fully saturated rings. The molecule has 0 bridgehead atoms. The van der Waals surface area contributed by atoms with Crippen LogP contribution in [0.15, 0.2) is 47.4 Å². The van der Waals surface area contributed by atoms with Gasteiger partial charge in [0.15, 0.2) is 13.2 Å². The maximum atomic E-state index is 12.2. The fourth-order valence-corrected chi connectivity index (χ4v) is 2.81. The fraction of sp³-hybridized carbons (Fsp3) is 0.333. The van der Waals surface area contributed by atoms with E-state index in [0.717, 1.165) is 16.7 Å². The van der Waals surface area contributed by atoms with Gasteiger partial charge in [-0.15, -0.1) is 11.8 Å². The van der Waals surface area contributed by atoms with E-state index in [4.69, 9.17) is 9.47 Å². The lowest BCUT2D eigenvalue weighted by Crippen LogP contribution is -2.31. The number of benzene rings is 2. The van der Waals surface area contributed by atoms with Gasteiger partial charge in [0.2, 0.25) is 0 Å². The smallest absolute Gasteiger partial charge is 0.344 e. The minimum absolute atomic E-state index is 0.225. The Kier molecular flexibility index (Phi) is 7.73. The molecule has 27 heavy (non-hydrogen) atoms. The van der Waals surface area contributed by atoms with E-state index >= 15 is 0 Å². The molecule has 0 N–H and O–H groups in total. The largest absolute Gasteiger partial charge is 0.482 e. The summed E-state index contributed by atoms with van der Waals surface area (Å²) in [5, 5.41) is 0. The molecule has 2 aromatic carbocycles. The fourth-order valence-electron chi connectivity index (χ4n) is 2.40. The van der Waals surface area contributed by atoms with Crippen LogP contribution in [0.3, 0.4) is 0 Å². The molecule has 0 atom stereocenters. The number of aryl methyl sites for hydroxylation is 1. The first kappa shape index (κ1) is 20.8. The number of rotatable bonds is 8. The number of thioether (sulfide) groups is 1. The molecule has 2 rings (SSSR count). The van der Waals surface area contributed by atoms with Crippen molar-refractivity contribution in [3.05, 3.63) is 59.2 Å². The Hall–Kier alpha value is -2.47. The number of hydrogen-bond acceptors (Lipinski definition) is 5. The molecule has 0 saturated heterocycles. The highest BCUT2D eigenvalue weighted by Crippen LogP contribution is 2.20. The Morgan fingerprint density at radius 2 is 1.74 bits per heavy atom. The van der Waals surface area contributed by atoms with Gasteiger partial charge in [0.25, 0.3) is 5.91 Å². The van der Waals surface area contributed by atoms with Crippen molar-refractivity contribution < 1.29 is 19.1 Å². The molecular weight excluding hydrogens is 362 g/mol. The summed E-state index contributed by atoms with van der Waals surface area (Å²) in [5.74, 6) is -0.185. The average Bonchev–Trinajstić information content (AvgIpc) is 2.67. The van der Waals surface area contributed by atoms with E-state index in [1.807, 2.05) is 56.5 Å². The lowest BCUT2D eigenvalue weighted by molar-refractivity contribution is -0.153. The van der Waals surface area contributed by atoms with E-state index < -0.39 is 5.97 Å². The zero-order chi connectivity index (χ0) is 19.8. The molecule has 0 aromatic heterocycles. The Morgan fingerprint density at radius 1 is 1.04 bits per heavy atom. The number of amides is 1. The van der Waals surface area contributed by atoms with Crippen LogP contribution >= 0.6 is 11.8 Å². The molecule has 0 radical (unpaired) electrons. The molecule has 5 nitrogen and oxygen atoms in total. The average molecular weight is 388 g/mol. The lowest BCUT2D eigenvalue weighted by Gasteiger charge is -2.17. The highest BCUT2D eigenvalue weighted by Gasteiger charge is 2.13. The van der Waals surface area contributed by atoms with Crippen molar-refractivity contribution >= 4 is 23.6 Å². The molecule has 0 spiro atoms. The molecule has 6 heteroatoms. The summed E-state index contributed by atoms with van der Waals surface area (Å²) >= 11 is 1.67. The van der Waals surface area contributed by atoms with Crippen LogP contribution in [0.2, 0.25) is 0 Å². The van der Waals surface area contributed by atoms with Gasteiger partial charge in [-0.05, 0) is 55.0 Å². The number of carbonyl (C=O) groups excluding carboxylic acids is 2. The van der Waals surface area contributed by atoms with Crippen LogP contribution in [0.5, 0.6) is 5.75 Å². The Balaban J connectivity index is 1.76. The molecule has 2 aromatic rings. The summed E-state index contributed by atoms with van der Waals surface area (Å²) in [6, 6.07) is 13.7. The summed E-state index contributed by atoms with van der Waals surface area (Å²) in [4.78, 5) is 26.7. The molecule has 0 aliphatic rings. The number of carbonyl (C=O) groups is 2. The number of ether oxygens (including phenoxy) is 2. The van der Waals surface area contributed by atoms with Gasteiger partial charge in [-0.2, -0.15) is 0 Å². The second kappa shape index (κ2) is 10.0. The Labute approximate surface area is 164 Å². The minimum atomic E-state index is -0.568. The van der Waals surface area contributed by atoms with Crippen molar-refractivity contribution in [1.29, 1.82) is 0 Å². The van der Waals surface area contributed by atoms with Crippen LogP contribution in [0, 0.1) is 13.8 Å². The second-order valence-corrected chi connectivity index (χ2v) is 7.12. The van der Waals surface area contributed by atoms with Crippen LogP contribution in [-0.2, 0) is 20.9 Å². The molecule has 0 aliphatic heterocycles. The lowest BCUT2D eigenvalue weighted by atomic mass is 10.1. The Morgan fingerprint density at radius 3 is 2.41 bits per heavy atom. The number of likely N-dealkylation sites (N-methyl/N-ethyl adjacent to an activating group) is 1. The van der Waals surface area contributed by atoms with Gasteiger partial charge in [-0.1, -0.05) is 24.3 Å². The quantitative estimate of drug-likeness (QED) is 0.512. The van der Waals surface area contributed by atoms with E-state index in [-0.39, 0.29) is 19.1 Å². The van der Waals surface area contributed by atoms with Crippen molar-refractivity contribution in [2.75, 3.05) is 26.5 Å². The second-order valence-electron chi connectivity index (χ2n) is 6.25. The Bertz CT molecular complexity index is 789. The first-order valence-corrected chi connectivity index (χ1v) is 9.84. The zero-order valence-electron chi connectivity index (χ0n) is 16.2. The normalized spacial score (nSPS) is 10.4. The van der Waals surface area contributed by atoms with Crippen LogP contribution < -0.4 is 4.74 Å². The molecule has 0 unspecified atom stereocenters. The molecule has 144 valence electrons. The molecule has 1 amide bonds. The van der Waals surface area contributed by atoms with Crippen LogP contribution in [0.25, 0.3) is 0 Å². The summed E-state index contributed by atoms with van der Waals surface area (Å²) in [6.45, 7) is 3.85. The van der Waals surface area contributed by atoms with Gasteiger partial charge < -0.3 is 14.4 Å². The number of nitrogens with zero attached hydrogens (tertiary/aromatic N) is 1. The number of hydrogen-bond donors (Lipinski definition) is 0. The van der Waals surface area contributed by atoms with Gasteiger partial charge in [0.1, 0.15) is 5.75 Å². The van der Waals surface area contributed by atoms with Crippen molar-refractivity contribution in [2.24, 2.45) is 0 Å². The minimum Gasteiger partial charge on any atom is -0.482 e. The standard InChI is InChI=1S/C21H25NO4S/c1-15-6-5-7-19(16(15)2)25-14-21(24)26-13-20(23)22(3)12-17-8-10-18(27-4)11-9-17/h5-11H,12-14H2,1-4H3. The van der Waals surface area contributed by atoms with E-state index in [9.17, 15) is 9.59 Å². The van der Waals surface area contributed by atoms with Gasteiger partial charge in [-0.3, -0.25) is 4.79 Å². The summed E-state index contributed by atoms with van der Waals surface area (Å²) < 4.78 is 10.5. The zero-order valence-corrected chi connectivity index (χ0v) is 17.0. The molecule has 0 aliphatic carbocycles. The van der Waals surface area contributed by atoms with E-state index in [2.05, 4.69) is 0 Å². The predicted molar refractivity (Wildman–Crippen MR) is 107 cm³/mol. The first-order valence-electron chi connectivity index (χ1n) is 8.62. The molecule has 0 saturated carbocycles. The molecular formula is C21H25NO4S. The van der Waals surface area contributed by atoms with Gasteiger partial charge in [0, 0.05) is 18.5 Å². The predicted octanol–water partition coefficient (Wildman–Crippen LogP) is 3.61. The van der Waals surface area contributed by atoms with E-state index in [1.54, 1.807) is 24.9 Å². The van der Waals surface area contributed by atoms with Gasteiger partial charge in [0.05, 0.1) is 0 Å². The summed E-state index contributed by atoms with van der Waals surface area (Å²) in [5.41, 5.74) is 3.09. The van der Waals surface area contributed by atoms with Crippen molar-refractivity contribution in [1.82, 2.24) is 4.90 Å². The number of esters is 1. The van der Waals surface area contributed by atoms with Crippen LogP contribution in [0.4, 0.5) is 0 Å². The van der Waals surface area contributed by atoms with Crippen LogP contribution in [-0.4, -0.2) is 43.3 Å². The monoisotopic (exact) mass is 387 g/mol. The van der Waals surface area contributed by atoms with Gasteiger partial charge >= 0.3 is 5.97 Å². The summed E-state index contributed by atoms with van der Waals surface area (Å²) in [6.07, 6.45) is 2.02. The van der Waals surface area contributed by atoms with Crippen molar-refractivity contribution in [3.8, 4) is 5.75 Å². The third-order valence-electron chi connectivity index (χ3n) is 4.26. The van der Waals surface area contributed by atoms with E-state index in [0.29, 0.717) is 12.3 Å². The maximum absolute atomic E-state index is 12.2. The van der Waals surface area contributed by atoms with Crippen LogP contribution in [0.1, 0.15) is 16.7 Å². The SMILES string of the molecule is CSc1ccc(CN(C)C(=O)COC(=O)COc2cccc(C)c2C)cc1. The maximum Gasteiger partial charge on any atom is 0.344 e. The summed E-state index contributed by atoms with van der Waals surface area (Å²) in [7, 11) is 1.69. The third-order valence-corrected chi connectivity index (χ3v) is 5.01. The highest BCUT2D eigenvalue weighted by atomic mass is 32.2.